The lowest BCUT2D eigenvalue weighted by Crippen LogP contribution is -2.44. The molecule has 0 radical (unpaired) electrons. The van der Waals surface area contributed by atoms with Gasteiger partial charge >= 0.3 is 0 Å². The van der Waals surface area contributed by atoms with Gasteiger partial charge in [0.15, 0.2) is 11.6 Å². The predicted molar refractivity (Wildman–Crippen MR) is 73.4 cm³/mol. The Hall–Kier alpha value is -1.60. The number of benzene rings is 1. The van der Waals surface area contributed by atoms with Gasteiger partial charge in [0.2, 0.25) is 0 Å². The van der Waals surface area contributed by atoms with E-state index >= 15 is 0 Å². The summed E-state index contributed by atoms with van der Waals surface area (Å²) in [5.41, 5.74) is -0.652. The predicted octanol–water partition coefficient (Wildman–Crippen LogP) is 3.26. The molecule has 3 nitrogen and oxygen atoms in total. The Balaban J connectivity index is 2.61. The summed E-state index contributed by atoms with van der Waals surface area (Å²) in [5, 5.41) is 12.4. The minimum absolute atomic E-state index is 0.228. The maximum atomic E-state index is 13.5. The van der Waals surface area contributed by atoms with Crippen LogP contribution in [0.3, 0.4) is 0 Å². The summed E-state index contributed by atoms with van der Waals surface area (Å²) < 4.78 is 19.0. The van der Waals surface area contributed by atoms with Gasteiger partial charge in [-0.3, -0.25) is 5.32 Å². The van der Waals surface area contributed by atoms with E-state index in [1.54, 1.807) is 18.2 Å². The van der Waals surface area contributed by atoms with Crippen LogP contribution in [0, 0.1) is 17.1 Å². The zero-order valence-electron chi connectivity index (χ0n) is 11.7. The average molecular weight is 264 g/mol. The van der Waals surface area contributed by atoms with Crippen molar-refractivity contribution in [1.82, 2.24) is 5.32 Å². The molecule has 2 atom stereocenters. The van der Waals surface area contributed by atoms with Crippen LogP contribution < -0.4 is 10.1 Å². The van der Waals surface area contributed by atoms with Crippen molar-refractivity contribution in [2.45, 2.75) is 45.3 Å². The number of hydrogen-bond acceptors (Lipinski definition) is 3. The van der Waals surface area contributed by atoms with Crippen molar-refractivity contribution in [3.05, 3.63) is 30.1 Å². The summed E-state index contributed by atoms with van der Waals surface area (Å²) >= 11 is 0. The Labute approximate surface area is 114 Å². The van der Waals surface area contributed by atoms with Crippen molar-refractivity contribution < 1.29 is 9.13 Å². The quantitative estimate of drug-likeness (QED) is 0.822. The second kappa shape index (κ2) is 7.10. The number of nitrogens with zero attached hydrogens (tertiary/aromatic N) is 1. The molecule has 1 rings (SSSR count). The van der Waals surface area contributed by atoms with Crippen LogP contribution >= 0.6 is 0 Å². The topological polar surface area (TPSA) is 45.0 Å². The second-order valence-corrected chi connectivity index (χ2v) is 4.93. The molecule has 2 unspecified atom stereocenters. The largest absolute Gasteiger partial charge is 0.488 e. The van der Waals surface area contributed by atoms with E-state index in [-0.39, 0.29) is 17.7 Å². The maximum Gasteiger partial charge on any atom is 0.165 e. The van der Waals surface area contributed by atoms with Crippen LogP contribution in [0.4, 0.5) is 4.39 Å². The molecule has 19 heavy (non-hydrogen) atoms. The monoisotopic (exact) mass is 264 g/mol. The Morgan fingerprint density at radius 1 is 1.47 bits per heavy atom. The molecule has 0 saturated heterocycles. The second-order valence-electron chi connectivity index (χ2n) is 4.93. The highest BCUT2D eigenvalue weighted by atomic mass is 19.1. The Morgan fingerprint density at radius 3 is 2.74 bits per heavy atom. The van der Waals surface area contributed by atoms with Gasteiger partial charge in [-0.05, 0) is 38.9 Å². The summed E-state index contributed by atoms with van der Waals surface area (Å²) in [7, 11) is 0. The molecular weight excluding hydrogens is 243 g/mol. The van der Waals surface area contributed by atoms with Gasteiger partial charge in [-0.1, -0.05) is 19.1 Å². The highest BCUT2D eigenvalue weighted by molar-refractivity contribution is 5.24. The summed E-state index contributed by atoms with van der Waals surface area (Å²) in [5.74, 6) is -0.152. The first kappa shape index (κ1) is 15.5. The number of nitriles is 1. The molecule has 0 aliphatic rings. The van der Waals surface area contributed by atoms with E-state index in [1.165, 1.54) is 6.07 Å². The number of rotatable bonds is 7. The van der Waals surface area contributed by atoms with E-state index < -0.39 is 5.54 Å². The molecule has 0 aliphatic heterocycles. The SMILES string of the molecule is CCCNC(C)(C#N)CC(C)Oc1ccccc1F. The average Bonchev–Trinajstić information content (AvgIpc) is 2.39. The summed E-state index contributed by atoms with van der Waals surface area (Å²) in [4.78, 5) is 0. The van der Waals surface area contributed by atoms with Crippen molar-refractivity contribution in [3.8, 4) is 11.8 Å². The summed E-state index contributed by atoms with van der Waals surface area (Å²) in [6, 6.07) is 8.56. The Morgan fingerprint density at radius 2 is 2.16 bits per heavy atom. The van der Waals surface area contributed by atoms with E-state index in [2.05, 4.69) is 11.4 Å². The number of halogens is 1. The zero-order valence-corrected chi connectivity index (χ0v) is 11.7. The van der Waals surface area contributed by atoms with Gasteiger partial charge in [0.05, 0.1) is 12.2 Å². The van der Waals surface area contributed by atoms with Gasteiger partial charge in [-0.2, -0.15) is 5.26 Å². The van der Waals surface area contributed by atoms with Gasteiger partial charge < -0.3 is 4.74 Å². The van der Waals surface area contributed by atoms with Gasteiger partial charge in [0.1, 0.15) is 5.54 Å². The molecule has 4 heteroatoms. The van der Waals surface area contributed by atoms with Crippen molar-refractivity contribution in [1.29, 1.82) is 5.26 Å². The van der Waals surface area contributed by atoms with Crippen molar-refractivity contribution in [2.75, 3.05) is 6.54 Å². The third-order valence-electron chi connectivity index (χ3n) is 2.87. The molecule has 0 spiro atoms. The Kier molecular flexibility index (Phi) is 5.78. The van der Waals surface area contributed by atoms with Crippen LogP contribution in [0.25, 0.3) is 0 Å². The standard InChI is InChI=1S/C15H21FN2O/c1-4-9-18-15(3,11-17)10-12(2)19-14-8-6-5-7-13(14)16/h5-8,12,18H,4,9-10H2,1-3H3. The van der Waals surface area contributed by atoms with Crippen LogP contribution in [-0.4, -0.2) is 18.2 Å². The van der Waals surface area contributed by atoms with Gasteiger partial charge in [-0.25, -0.2) is 4.39 Å². The molecule has 104 valence electrons. The lowest BCUT2D eigenvalue weighted by atomic mass is 9.96. The van der Waals surface area contributed by atoms with E-state index in [0.29, 0.717) is 6.42 Å². The molecule has 1 aromatic rings. The Bertz CT molecular complexity index is 444. The highest BCUT2D eigenvalue weighted by Crippen LogP contribution is 2.20. The van der Waals surface area contributed by atoms with Crippen LogP contribution in [-0.2, 0) is 0 Å². The number of nitrogens with one attached hydrogen (secondary N) is 1. The molecule has 1 N–H and O–H groups in total. The van der Waals surface area contributed by atoms with Crippen LogP contribution in [0.5, 0.6) is 5.75 Å². The molecule has 0 amide bonds. The minimum atomic E-state index is -0.652. The van der Waals surface area contributed by atoms with Gasteiger partial charge in [0.25, 0.3) is 0 Å². The fourth-order valence-corrected chi connectivity index (χ4v) is 1.93. The molecule has 0 aromatic heterocycles. The third-order valence-corrected chi connectivity index (χ3v) is 2.87. The number of ether oxygens (including phenoxy) is 1. The third kappa shape index (κ3) is 4.88. The first-order chi connectivity index (χ1) is 9.00. The first-order valence-corrected chi connectivity index (χ1v) is 6.58. The smallest absolute Gasteiger partial charge is 0.165 e. The maximum absolute atomic E-state index is 13.5. The van der Waals surface area contributed by atoms with E-state index in [1.807, 2.05) is 20.8 Å². The van der Waals surface area contributed by atoms with Gasteiger partial charge in [0, 0.05) is 6.42 Å². The van der Waals surface area contributed by atoms with Crippen LogP contribution in [0.1, 0.15) is 33.6 Å². The first-order valence-electron chi connectivity index (χ1n) is 6.58. The van der Waals surface area contributed by atoms with Crippen LogP contribution in [0.15, 0.2) is 24.3 Å². The lowest BCUT2D eigenvalue weighted by molar-refractivity contribution is 0.173. The molecular formula is C15H21FN2O. The number of para-hydroxylation sites is 1. The van der Waals surface area contributed by atoms with Crippen molar-refractivity contribution in [3.63, 3.8) is 0 Å². The fraction of sp³-hybridized carbons (Fsp3) is 0.533. The minimum Gasteiger partial charge on any atom is -0.488 e. The fourth-order valence-electron chi connectivity index (χ4n) is 1.93. The molecule has 1 aromatic carbocycles. The molecule has 0 heterocycles. The van der Waals surface area contributed by atoms with Crippen molar-refractivity contribution >= 4 is 0 Å². The number of hydrogen-bond donors (Lipinski definition) is 1. The normalized spacial score (nSPS) is 15.3. The molecule has 0 fully saturated rings. The van der Waals surface area contributed by atoms with Gasteiger partial charge in [-0.15, -0.1) is 0 Å². The molecule has 0 saturated carbocycles. The van der Waals surface area contributed by atoms with E-state index in [4.69, 9.17) is 4.74 Å². The highest BCUT2D eigenvalue weighted by Gasteiger charge is 2.26. The zero-order chi connectivity index (χ0) is 14.3. The molecule has 0 aliphatic carbocycles. The molecule has 0 bridgehead atoms. The van der Waals surface area contributed by atoms with Crippen molar-refractivity contribution in [2.24, 2.45) is 0 Å². The van der Waals surface area contributed by atoms with E-state index in [0.717, 1.165) is 13.0 Å². The van der Waals surface area contributed by atoms with Crippen LogP contribution in [0.2, 0.25) is 0 Å². The lowest BCUT2D eigenvalue weighted by Gasteiger charge is -2.27. The summed E-state index contributed by atoms with van der Waals surface area (Å²) in [6.07, 6.45) is 1.21. The van der Waals surface area contributed by atoms with E-state index in [9.17, 15) is 9.65 Å². The summed E-state index contributed by atoms with van der Waals surface area (Å²) in [6.45, 7) is 6.50.